The molecule has 1 heterocycles. The van der Waals surface area contributed by atoms with Crippen LogP contribution in [0, 0.1) is 0 Å². The topological polar surface area (TPSA) is 98.0 Å². The van der Waals surface area contributed by atoms with E-state index < -0.39 is 22.2 Å². The minimum absolute atomic E-state index is 0.0554. The number of aromatic nitrogens is 1. The molecule has 2 aromatic rings. The Bertz CT molecular complexity index is 806. The van der Waals surface area contributed by atoms with Crippen LogP contribution in [0.25, 0.3) is 0 Å². The fraction of sp³-hybridized carbons (Fsp3) is 0.368. The molecule has 0 saturated heterocycles. The number of rotatable bonds is 6. The van der Waals surface area contributed by atoms with Crippen molar-refractivity contribution in [2.45, 2.75) is 38.0 Å². The predicted molar refractivity (Wildman–Crippen MR) is 111 cm³/mol. The maximum atomic E-state index is 12.6. The van der Waals surface area contributed by atoms with Crippen LogP contribution in [0.4, 0.5) is 0 Å². The molecule has 8 heteroatoms. The Morgan fingerprint density at radius 3 is 2.56 bits per heavy atom. The van der Waals surface area contributed by atoms with Crippen molar-refractivity contribution in [3.05, 3.63) is 52.3 Å². The number of hydrogen-bond donors (Lipinski definition) is 2. The van der Waals surface area contributed by atoms with Crippen molar-refractivity contribution in [1.29, 1.82) is 0 Å². The lowest BCUT2D eigenvalue weighted by Crippen LogP contribution is -2.27. The summed E-state index contributed by atoms with van der Waals surface area (Å²) in [7, 11) is 1.50. The monoisotopic (exact) mass is 454 g/mol. The van der Waals surface area contributed by atoms with Gasteiger partial charge in [-0.2, -0.15) is 0 Å². The number of hydrogen-bond acceptors (Lipinski definition) is 6. The molecule has 0 radical (unpaired) electrons. The van der Waals surface area contributed by atoms with Crippen LogP contribution in [-0.2, 0) is 11.4 Å². The van der Waals surface area contributed by atoms with E-state index in [2.05, 4.69) is 25.3 Å². The van der Waals surface area contributed by atoms with Gasteiger partial charge in [-0.3, -0.25) is 0 Å². The minimum atomic E-state index is -1.55. The molecule has 2 rings (SSSR count). The van der Waals surface area contributed by atoms with Crippen LogP contribution < -0.4 is 4.74 Å². The van der Waals surface area contributed by atoms with Crippen molar-refractivity contribution in [2.75, 3.05) is 7.11 Å². The molecule has 146 valence electrons. The van der Waals surface area contributed by atoms with E-state index in [1.807, 2.05) is 20.8 Å². The van der Waals surface area contributed by atoms with E-state index in [9.17, 15) is 14.8 Å². The molecule has 1 aromatic carbocycles. The highest BCUT2D eigenvalue weighted by Crippen LogP contribution is 2.29. The second-order valence-corrected chi connectivity index (χ2v) is 9.63. The van der Waals surface area contributed by atoms with Gasteiger partial charge in [-0.05, 0) is 60.5 Å². The van der Waals surface area contributed by atoms with Crippen molar-refractivity contribution >= 4 is 33.0 Å². The van der Waals surface area contributed by atoms with Gasteiger partial charge in [0.25, 0.3) is 0 Å². The zero-order valence-electron chi connectivity index (χ0n) is 15.6. The molecule has 0 aliphatic heterocycles. The van der Waals surface area contributed by atoms with Gasteiger partial charge in [0.2, 0.25) is 0 Å². The first-order chi connectivity index (χ1) is 12.6. The number of nitrogens with zero attached hydrogens (tertiary/aromatic N) is 2. The van der Waals surface area contributed by atoms with E-state index in [1.165, 1.54) is 13.2 Å². The summed E-state index contributed by atoms with van der Waals surface area (Å²) >= 11 is 1.71. The number of aliphatic hydroxyl groups excluding tert-OH is 1. The lowest BCUT2D eigenvalue weighted by molar-refractivity contribution is 0.186. The summed E-state index contributed by atoms with van der Waals surface area (Å²) in [6.07, 6.45) is 0.717. The molecule has 2 N–H and O–H groups in total. The van der Waals surface area contributed by atoms with Crippen LogP contribution >= 0.6 is 15.9 Å². The Kier molecular flexibility index (Phi) is 7.27. The fourth-order valence-corrected chi connectivity index (χ4v) is 3.08. The lowest BCUT2D eigenvalue weighted by atomic mass is 10.00. The summed E-state index contributed by atoms with van der Waals surface area (Å²) in [5.41, 5.74) is 1.34. The van der Waals surface area contributed by atoms with Gasteiger partial charge >= 0.3 is 0 Å². The highest BCUT2D eigenvalue weighted by molar-refractivity contribution is 9.10. The van der Waals surface area contributed by atoms with Gasteiger partial charge in [0.05, 0.1) is 13.2 Å². The van der Waals surface area contributed by atoms with Crippen LogP contribution in [-0.4, -0.2) is 37.3 Å². The minimum Gasteiger partial charge on any atom is -0.591 e. The third-order valence-corrected chi connectivity index (χ3v) is 5.66. The summed E-state index contributed by atoms with van der Waals surface area (Å²) < 4.78 is 22.1. The standard InChI is InChI=1S/C19H23BrN2O4S/c1-19(2,3)27(25)22-15(14-7-6-13(26-4)9-17(14)24)10-16(23)12-5-8-18(20)21-11-12/h5-9,11,16,23-24H,10H2,1-4H3/t16-,27-/m0/s1. The third kappa shape index (κ3) is 5.93. The number of benzene rings is 1. The van der Waals surface area contributed by atoms with E-state index >= 15 is 0 Å². The van der Waals surface area contributed by atoms with E-state index in [4.69, 9.17) is 4.74 Å². The van der Waals surface area contributed by atoms with Gasteiger partial charge in [-0.1, -0.05) is 10.5 Å². The highest BCUT2D eigenvalue weighted by Gasteiger charge is 2.29. The largest absolute Gasteiger partial charge is 0.591 e. The normalized spacial score (nSPS) is 14.7. The highest BCUT2D eigenvalue weighted by atomic mass is 79.9. The average molecular weight is 455 g/mol. The Morgan fingerprint density at radius 2 is 2.04 bits per heavy atom. The molecule has 0 bridgehead atoms. The van der Waals surface area contributed by atoms with Crippen LogP contribution in [0.15, 0.2) is 45.5 Å². The number of ether oxygens (including phenoxy) is 1. The third-order valence-electron chi connectivity index (χ3n) is 3.75. The Balaban J connectivity index is 2.41. The second kappa shape index (κ2) is 9.05. The zero-order chi connectivity index (χ0) is 20.2. The molecule has 0 aliphatic carbocycles. The molecule has 0 spiro atoms. The van der Waals surface area contributed by atoms with E-state index in [-0.39, 0.29) is 12.2 Å². The summed E-state index contributed by atoms with van der Waals surface area (Å²) in [5, 5.41) is 21.0. The van der Waals surface area contributed by atoms with Crippen LogP contribution in [0.1, 0.15) is 44.4 Å². The number of phenolic OH excluding ortho intramolecular Hbond substituents is 1. The number of aromatic hydroxyl groups is 1. The molecule has 0 fully saturated rings. The Hall–Kier alpha value is -1.61. The van der Waals surface area contributed by atoms with E-state index in [0.29, 0.717) is 27.2 Å². The molecule has 27 heavy (non-hydrogen) atoms. The maximum absolute atomic E-state index is 12.6. The molecule has 1 aromatic heterocycles. The first-order valence-electron chi connectivity index (χ1n) is 8.28. The van der Waals surface area contributed by atoms with Crippen molar-refractivity contribution in [3.8, 4) is 11.5 Å². The maximum Gasteiger partial charge on any atom is 0.144 e. The summed E-state index contributed by atoms with van der Waals surface area (Å²) in [4.78, 5) is 4.11. The van der Waals surface area contributed by atoms with Crippen LogP contribution in [0.2, 0.25) is 0 Å². The Morgan fingerprint density at radius 1 is 1.33 bits per heavy atom. The summed E-state index contributed by atoms with van der Waals surface area (Å²) in [6.45, 7) is 5.44. The van der Waals surface area contributed by atoms with Gasteiger partial charge in [0.1, 0.15) is 37.9 Å². The van der Waals surface area contributed by atoms with Crippen LogP contribution in [0.3, 0.4) is 0 Å². The molecule has 0 aliphatic rings. The molecule has 0 saturated carbocycles. The number of pyridine rings is 1. The van der Waals surface area contributed by atoms with E-state index in [0.717, 1.165) is 0 Å². The molecule has 2 atom stereocenters. The molecule has 0 unspecified atom stereocenters. The fourth-order valence-electron chi connectivity index (χ4n) is 2.20. The first-order valence-corrected chi connectivity index (χ1v) is 10.2. The van der Waals surface area contributed by atoms with Crippen molar-refractivity contribution in [3.63, 3.8) is 0 Å². The molecule has 0 amide bonds. The Labute approximate surface area is 170 Å². The summed E-state index contributed by atoms with van der Waals surface area (Å²) in [6, 6.07) is 8.25. The van der Waals surface area contributed by atoms with Gasteiger partial charge < -0.3 is 19.5 Å². The molecule has 6 nitrogen and oxygen atoms in total. The second-order valence-electron chi connectivity index (χ2n) is 6.92. The van der Waals surface area contributed by atoms with E-state index in [1.54, 1.807) is 30.5 Å². The van der Waals surface area contributed by atoms with Crippen molar-refractivity contribution in [2.24, 2.45) is 4.40 Å². The zero-order valence-corrected chi connectivity index (χ0v) is 18.0. The smallest absolute Gasteiger partial charge is 0.144 e. The number of halogens is 1. The quantitative estimate of drug-likeness (QED) is 0.391. The number of phenols is 1. The van der Waals surface area contributed by atoms with Crippen molar-refractivity contribution < 1.29 is 19.5 Å². The van der Waals surface area contributed by atoms with Gasteiger partial charge in [-0.25, -0.2) is 4.98 Å². The average Bonchev–Trinajstić information content (AvgIpc) is 2.60. The van der Waals surface area contributed by atoms with Crippen molar-refractivity contribution in [1.82, 2.24) is 4.98 Å². The summed E-state index contributed by atoms with van der Waals surface area (Å²) in [5.74, 6) is 0.436. The molecular weight excluding hydrogens is 432 g/mol. The predicted octanol–water partition coefficient (Wildman–Crippen LogP) is 3.93. The van der Waals surface area contributed by atoms with Crippen LogP contribution in [0.5, 0.6) is 11.5 Å². The SMILES string of the molecule is COc1ccc(C(C[C@H](O)c2ccc(Br)nc2)=N[S@@+]([O-])C(C)(C)C)c(O)c1. The first kappa shape index (κ1) is 21.7. The van der Waals surface area contributed by atoms with Gasteiger partial charge in [0.15, 0.2) is 0 Å². The number of methoxy groups -OCH3 is 1. The number of aliphatic hydroxyl groups is 1. The van der Waals surface area contributed by atoms with Gasteiger partial charge in [-0.15, -0.1) is 0 Å². The lowest BCUT2D eigenvalue weighted by Gasteiger charge is -2.21. The molecular formula is C19H23BrN2O4S. The van der Waals surface area contributed by atoms with Gasteiger partial charge in [0, 0.05) is 24.2 Å².